The summed E-state index contributed by atoms with van der Waals surface area (Å²) < 4.78 is 0. The monoisotopic (exact) mass is 362 g/mol. The Balaban J connectivity index is 1.65. The van der Waals surface area contributed by atoms with Crippen LogP contribution in [0.3, 0.4) is 0 Å². The van der Waals surface area contributed by atoms with Gasteiger partial charge in [0.2, 0.25) is 5.91 Å². The number of halogens is 2. The SMILES string of the molecule is O=C(N[C@H]1CCN(Cc2ccccc2)C1=O)c1cc(Cl)ccc1Cl. The van der Waals surface area contributed by atoms with Gasteiger partial charge in [-0.1, -0.05) is 53.5 Å². The van der Waals surface area contributed by atoms with Crippen LogP contribution in [0.25, 0.3) is 0 Å². The van der Waals surface area contributed by atoms with E-state index in [9.17, 15) is 9.59 Å². The van der Waals surface area contributed by atoms with Crippen molar-refractivity contribution in [1.29, 1.82) is 0 Å². The van der Waals surface area contributed by atoms with Gasteiger partial charge in [-0.3, -0.25) is 9.59 Å². The Morgan fingerprint density at radius 1 is 1.17 bits per heavy atom. The summed E-state index contributed by atoms with van der Waals surface area (Å²) in [5.74, 6) is -0.465. The minimum atomic E-state index is -0.531. The Bertz CT molecular complexity index is 765. The van der Waals surface area contributed by atoms with Gasteiger partial charge in [-0.15, -0.1) is 0 Å². The van der Waals surface area contributed by atoms with Crippen molar-refractivity contribution in [3.05, 3.63) is 69.7 Å². The van der Waals surface area contributed by atoms with E-state index in [0.29, 0.717) is 29.6 Å². The third kappa shape index (κ3) is 3.71. The van der Waals surface area contributed by atoms with Crippen LogP contribution in [-0.2, 0) is 11.3 Å². The first-order valence-electron chi connectivity index (χ1n) is 7.63. The van der Waals surface area contributed by atoms with Gasteiger partial charge in [0.15, 0.2) is 0 Å². The summed E-state index contributed by atoms with van der Waals surface area (Å²) >= 11 is 11.9. The Hall–Kier alpha value is -2.04. The smallest absolute Gasteiger partial charge is 0.253 e. The van der Waals surface area contributed by atoms with Crippen LogP contribution in [0.1, 0.15) is 22.3 Å². The molecule has 1 atom stereocenters. The van der Waals surface area contributed by atoms with Crippen LogP contribution in [0.4, 0.5) is 0 Å². The highest BCUT2D eigenvalue weighted by Crippen LogP contribution is 2.22. The third-order valence-corrected chi connectivity index (χ3v) is 4.56. The average Bonchev–Trinajstić information content (AvgIpc) is 2.91. The van der Waals surface area contributed by atoms with Crippen LogP contribution in [0.15, 0.2) is 48.5 Å². The van der Waals surface area contributed by atoms with Crippen molar-refractivity contribution in [1.82, 2.24) is 10.2 Å². The highest BCUT2D eigenvalue weighted by molar-refractivity contribution is 6.35. The van der Waals surface area contributed by atoms with Crippen molar-refractivity contribution in [2.75, 3.05) is 6.54 Å². The fourth-order valence-corrected chi connectivity index (χ4v) is 3.12. The van der Waals surface area contributed by atoms with E-state index in [0.717, 1.165) is 5.56 Å². The Labute approximate surface area is 150 Å². The fourth-order valence-electron chi connectivity index (χ4n) is 2.74. The minimum absolute atomic E-state index is 0.0784. The molecule has 0 aliphatic carbocycles. The zero-order valence-corrected chi connectivity index (χ0v) is 14.3. The molecule has 124 valence electrons. The predicted octanol–water partition coefficient (Wildman–Crippen LogP) is 3.52. The van der Waals surface area contributed by atoms with Gasteiger partial charge in [0.25, 0.3) is 5.91 Å². The molecule has 0 spiro atoms. The Morgan fingerprint density at radius 3 is 2.67 bits per heavy atom. The fraction of sp³-hybridized carbons (Fsp3) is 0.222. The standard InChI is InChI=1S/C18H16Cl2N2O2/c19-13-6-7-15(20)14(10-13)17(23)21-16-8-9-22(18(16)24)11-12-4-2-1-3-5-12/h1-7,10,16H,8-9,11H2,(H,21,23)/t16-/m0/s1. The molecule has 2 aromatic carbocycles. The van der Waals surface area contributed by atoms with Gasteiger partial charge in [0.05, 0.1) is 10.6 Å². The number of carbonyl (C=O) groups excluding carboxylic acids is 2. The molecule has 6 heteroatoms. The van der Waals surface area contributed by atoms with Crippen molar-refractivity contribution in [2.45, 2.75) is 19.0 Å². The molecule has 0 unspecified atom stereocenters. The van der Waals surface area contributed by atoms with Crippen molar-refractivity contribution in [3.8, 4) is 0 Å². The summed E-state index contributed by atoms with van der Waals surface area (Å²) in [4.78, 5) is 26.6. The van der Waals surface area contributed by atoms with E-state index >= 15 is 0 Å². The minimum Gasteiger partial charge on any atom is -0.340 e. The molecule has 1 fully saturated rings. The van der Waals surface area contributed by atoms with E-state index in [1.807, 2.05) is 30.3 Å². The number of hydrogen-bond donors (Lipinski definition) is 1. The van der Waals surface area contributed by atoms with E-state index < -0.39 is 6.04 Å². The van der Waals surface area contributed by atoms with E-state index in [1.54, 1.807) is 17.0 Å². The first kappa shape index (κ1) is 16.8. The molecule has 0 aromatic heterocycles. The van der Waals surface area contributed by atoms with Gasteiger partial charge in [0.1, 0.15) is 6.04 Å². The van der Waals surface area contributed by atoms with Crippen molar-refractivity contribution in [2.24, 2.45) is 0 Å². The number of benzene rings is 2. The van der Waals surface area contributed by atoms with Gasteiger partial charge in [-0.25, -0.2) is 0 Å². The van der Waals surface area contributed by atoms with Crippen LogP contribution < -0.4 is 5.32 Å². The normalized spacial score (nSPS) is 17.2. The molecule has 1 aliphatic rings. The zero-order valence-electron chi connectivity index (χ0n) is 12.8. The molecule has 2 aromatic rings. The van der Waals surface area contributed by atoms with Crippen molar-refractivity contribution in [3.63, 3.8) is 0 Å². The molecule has 0 bridgehead atoms. The van der Waals surface area contributed by atoms with Gasteiger partial charge in [0, 0.05) is 18.1 Å². The Morgan fingerprint density at radius 2 is 1.92 bits per heavy atom. The summed E-state index contributed by atoms with van der Waals surface area (Å²) in [5.41, 5.74) is 1.34. The number of nitrogens with zero attached hydrogens (tertiary/aromatic N) is 1. The second-order valence-electron chi connectivity index (χ2n) is 5.68. The van der Waals surface area contributed by atoms with Crippen molar-refractivity contribution >= 4 is 35.0 Å². The first-order valence-corrected chi connectivity index (χ1v) is 8.39. The maximum Gasteiger partial charge on any atom is 0.253 e. The van der Waals surface area contributed by atoms with E-state index in [1.165, 1.54) is 6.07 Å². The molecule has 24 heavy (non-hydrogen) atoms. The molecular weight excluding hydrogens is 347 g/mol. The Kier molecular flexibility index (Phi) is 5.07. The summed E-state index contributed by atoms with van der Waals surface area (Å²) in [6.07, 6.45) is 0.579. The first-order chi connectivity index (χ1) is 11.5. The molecule has 1 saturated heterocycles. The molecule has 1 heterocycles. The lowest BCUT2D eigenvalue weighted by atomic mass is 10.2. The summed E-state index contributed by atoms with van der Waals surface area (Å²) in [6, 6.07) is 13.9. The van der Waals surface area contributed by atoms with Gasteiger partial charge in [-0.05, 0) is 30.2 Å². The number of rotatable bonds is 4. The van der Waals surface area contributed by atoms with E-state index in [4.69, 9.17) is 23.2 Å². The van der Waals surface area contributed by atoms with Gasteiger partial charge < -0.3 is 10.2 Å². The largest absolute Gasteiger partial charge is 0.340 e. The number of nitrogens with one attached hydrogen (secondary N) is 1. The van der Waals surface area contributed by atoms with E-state index in [2.05, 4.69) is 5.32 Å². The maximum atomic E-state index is 12.5. The summed E-state index contributed by atoms with van der Waals surface area (Å²) in [7, 11) is 0. The number of amides is 2. The lowest BCUT2D eigenvalue weighted by Crippen LogP contribution is -2.41. The topological polar surface area (TPSA) is 49.4 Å². The summed E-state index contributed by atoms with van der Waals surface area (Å²) in [6.45, 7) is 1.16. The summed E-state index contributed by atoms with van der Waals surface area (Å²) in [5, 5.41) is 3.49. The van der Waals surface area contributed by atoms with E-state index in [-0.39, 0.29) is 17.4 Å². The molecule has 4 nitrogen and oxygen atoms in total. The lowest BCUT2D eigenvalue weighted by Gasteiger charge is -2.17. The highest BCUT2D eigenvalue weighted by Gasteiger charge is 2.33. The van der Waals surface area contributed by atoms with Gasteiger partial charge >= 0.3 is 0 Å². The number of hydrogen-bond acceptors (Lipinski definition) is 2. The predicted molar refractivity (Wildman–Crippen MR) is 94.2 cm³/mol. The number of carbonyl (C=O) groups is 2. The van der Waals surface area contributed by atoms with Crippen LogP contribution in [0.2, 0.25) is 10.0 Å². The molecule has 1 N–H and O–H groups in total. The highest BCUT2D eigenvalue weighted by atomic mass is 35.5. The maximum absolute atomic E-state index is 12.5. The van der Waals surface area contributed by atoms with Crippen LogP contribution >= 0.6 is 23.2 Å². The molecular formula is C18H16Cl2N2O2. The second-order valence-corrected chi connectivity index (χ2v) is 6.53. The molecule has 2 amide bonds. The van der Waals surface area contributed by atoms with Crippen LogP contribution in [0, 0.1) is 0 Å². The third-order valence-electron chi connectivity index (χ3n) is 3.99. The molecule has 3 rings (SSSR count). The molecule has 0 saturated carbocycles. The lowest BCUT2D eigenvalue weighted by molar-refractivity contribution is -0.129. The second kappa shape index (κ2) is 7.24. The number of likely N-dealkylation sites (tertiary alicyclic amines) is 1. The zero-order chi connectivity index (χ0) is 17.1. The quantitative estimate of drug-likeness (QED) is 0.904. The van der Waals surface area contributed by atoms with Gasteiger partial charge in [-0.2, -0.15) is 0 Å². The average molecular weight is 363 g/mol. The molecule has 0 radical (unpaired) electrons. The van der Waals surface area contributed by atoms with Crippen LogP contribution in [0.5, 0.6) is 0 Å². The van der Waals surface area contributed by atoms with Crippen molar-refractivity contribution < 1.29 is 9.59 Å². The molecule has 1 aliphatic heterocycles. The van der Waals surface area contributed by atoms with Crippen LogP contribution in [-0.4, -0.2) is 29.3 Å².